The van der Waals surface area contributed by atoms with E-state index in [4.69, 9.17) is 14.2 Å². The fourth-order valence-corrected chi connectivity index (χ4v) is 4.18. The number of aromatic hydroxyl groups is 1. The molecule has 212 valence electrons. The van der Waals surface area contributed by atoms with Crippen LogP contribution < -0.4 is 14.2 Å². The van der Waals surface area contributed by atoms with E-state index >= 15 is 0 Å². The van der Waals surface area contributed by atoms with Gasteiger partial charge in [0.25, 0.3) is 0 Å². The molecule has 0 aliphatic heterocycles. The van der Waals surface area contributed by atoms with Crippen molar-refractivity contribution in [1.29, 1.82) is 0 Å². The molecule has 8 heteroatoms. The number of ketones is 1. The van der Waals surface area contributed by atoms with E-state index in [0.29, 0.717) is 12.0 Å². The maximum atomic E-state index is 13.1. The van der Waals surface area contributed by atoms with Gasteiger partial charge in [0.15, 0.2) is 5.78 Å². The fourth-order valence-electron chi connectivity index (χ4n) is 4.18. The number of carbonyl (C=O) groups is 4. The number of esters is 3. The van der Waals surface area contributed by atoms with Crippen molar-refractivity contribution in [2.24, 2.45) is 0 Å². The molecule has 0 radical (unpaired) electrons. The third kappa shape index (κ3) is 12.1. The molecule has 0 unspecified atom stereocenters. The second-order valence-corrected chi connectivity index (χ2v) is 9.61. The molecule has 0 aromatic heterocycles. The molecule has 0 saturated heterocycles. The van der Waals surface area contributed by atoms with E-state index in [1.807, 2.05) is 0 Å². The molecule has 0 aliphatic rings. The predicted octanol–water partition coefficient (Wildman–Crippen LogP) is 6.88. The number of rotatable bonds is 17. The normalized spacial score (nSPS) is 10.6. The Kier molecular flexibility index (Phi) is 13.8. The van der Waals surface area contributed by atoms with Crippen LogP contribution >= 0.6 is 0 Å². The molecule has 0 fully saturated rings. The van der Waals surface area contributed by atoms with Crippen LogP contribution in [0.1, 0.15) is 107 Å². The summed E-state index contributed by atoms with van der Waals surface area (Å²) in [7, 11) is 0. The molecule has 0 bridgehead atoms. The first kappa shape index (κ1) is 31.5. The zero-order valence-electron chi connectivity index (χ0n) is 23.3. The van der Waals surface area contributed by atoms with Gasteiger partial charge >= 0.3 is 17.9 Å². The number of phenolic OH excluding ortho intramolecular Hbond substituents is 1. The Hall–Kier alpha value is -3.68. The maximum absolute atomic E-state index is 13.1. The standard InChI is InChI=1S/C31H40O8/c1-4-5-6-7-8-9-10-11-12-13-31(36)39-30-20-25(34)16-18-27(30)28(35)19-15-24-14-17-26(37-22(2)32)21-29(24)38-23(3)33/h14,16-18,20-21,34H,4-13,15,19H2,1-3H3. The van der Waals surface area contributed by atoms with Gasteiger partial charge in [-0.1, -0.05) is 64.4 Å². The van der Waals surface area contributed by atoms with Gasteiger partial charge in [0.1, 0.15) is 23.0 Å². The van der Waals surface area contributed by atoms with Crippen LogP contribution in [0.4, 0.5) is 0 Å². The highest BCUT2D eigenvalue weighted by molar-refractivity contribution is 5.99. The van der Waals surface area contributed by atoms with E-state index in [1.165, 1.54) is 70.2 Å². The van der Waals surface area contributed by atoms with Gasteiger partial charge in [0.2, 0.25) is 0 Å². The molecule has 0 spiro atoms. The highest BCUT2D eigenvalue weighted by Crippen LogP contribution is 2.29. The summed E-state index contributed by atoms with van der Waals surface area (Å²) in [6.45, 7) is 4.71. The summed E-state index contributed by atoms with van der Waals surface area (Å²) in [6.07, 6.45) is 10.6. The van der Waals surface area contributed by atoms with Crippen molar-refractivity contribution < 1.29 is 38.5 Å². The Bertz CT molecular complexity index is 1120. The van der Waals surface area contributed by atoms with Crippen LogP contribution in [0.5, 0.6) is 23.0 Å². The van der Waals surface area contributed by atoms with Gasteiger partial charge in [-0.25, -0.2) is 0 Å². The summed E-state index contributed by atoms with van der Waals surface area (Å²) in [6, 6.07) is 8.64. The first-order valence-corrected chi connectivity index (χ1v) is 13.8. The van der Waals surface area contributed by atoms with Crippen molar-refractivity contribution in [2.45, 2.75) is 97.8 Å². The average Bonchev–Trinajstić information content (AvgIpc) is 2.86. The first-order valence-electron chi connectivity index (χ1n) is 13.8. The van der Waals surface area contributed by atoms with Gasteiger partial charge in [-0.05, 0) is 36.6 Å². The number of ether oxygens (including phenoxy) is 3. The van der Waals surface area contributed by atoms with Crippen LogP contribution in [0.3, 0.4) is 0 Å². The SMILES string of the molecule is CCCCCCCCCCCC(=O)Oc1cc(O)ccc1C(=O)CCc1ccc(OC(C)=O)cc1OC(C)=O. The second kappa shape index (κ2) is 17.0. The lowest BCUT2D eigenvalue weighted by Gasteiger charge is -2.12. The largest absolute Gasteiger partial charge is 0.508 e. The highest BCUT2D eigenvalue weighted by Gasteiger charge is 2.18. The third-order valence-corrected chi connectivity index (χ3v) is 6.15. The lowest BCUT2D eigenvalue weighted by Crippen LogP contribution is -2.12. The number of benzene rings is 2. The second-order valence-electron chi connectivity index (χ2n) is 9.61. The Balaban J connectivity index is 1.94. The van der Waals surface area contributed by atoms with Gasteiger partial charge in [-0.15, -0.1) is 0 Å². The molecule has 2 aromatic carbocycles. The smallest absolute Gasteiger partial charge is 0.311 e. The minimum atomic E-state index is -0.553. The molecule has 0 atom stereocenters. The molecule has 0 saturated carbocycles. The molecule has 2 rings (SSSR count). The van der Waals surface area contributed by atoms with Crippen LogP contribution in [0.25, 0.3) is 0 Å². The van der Waals surface area contributed by atoms with Crippen LogP contribution in [0, 0.1) is 0 Å². The molecular formula is C31H40O8. The summed E-state index contributed by atoms with van der Waals surface area (Å²) in [5.74, 6) is -1.52. The molecule has 8 nitrogen and oxygen atoms in total. The summed E-state index contributed by atoms with van der Waals surface area (Å²) >= 11 is 0. The zero-order valence-corrected chi connectivity index (χ0v) is 23.3. The van der Waals surface area contributed by atoms with Gasteiger partial charge < -0.3 is 19.3 Å². The van der Waals surface area contributed by atoms with E-state index in [-0.39, 0.29) is 53.6 Å². The lowest BCUT2D eigenvalue weighted by atomic mass is 10.0. The summed E-state index contributed by atoms with van der Waals surface area (Å²) in [4.78, 5) is 48.3. The predicted molar refractivity (Wildman–Crippen MR) is 147 cm³/mol. The molecule has 0 aliphatic carbocycles. The number of hydrogen-bond acceptors (Lipinski definition) is 8. The number of hydrogen-bond donors (Lipinski definition) is 1. The van der Waals surface area contributed by atoms with Crippen LogP contribution in [0.15, 0.2) is 36.4 Å². The topological polar surface area (TPSA) is 116 Å². The van der Waals surface area contributed by atoms with Crippen molar-refractivity contribution in [3.05, 3.63) is 47.5 Å². The van der Waals surface area contributed by atoms with Crippen LogP contribution in [-0.2, 0) is 20.8 Å². The molecule has 1 N–H and O–H groups in total. The van der Waals surface area contributed by atoms with Crippen LogP contribution in [-0.4, -0.2) is 28.8 Å². The van der Waals surface area contributed by atoms with E-state index in [2.05, 4.69) is 6.92 Å². The number of carbonyl (C=O) groups excluding carboxylic acids is 4. The van der Waals surface area contributed by atoms with Crippen molar-refractivity contribution in [2.75, 3.05) is 0 Å². The summed E-state index contributed by atoms with van der Waals surface area (Å²) in [5.41, 5.74) is 0.746. The van der Waals surface area contributed by atoms with E-state index < -0.39 is 17.9 Å². The van der Waals surface area contributed by atoms with Crippen molar-refractivity contribution in [3.8, 4) is 23.0 Å². The van der Waals surface area contributed by atoms with Gasteiger partial charge in [-0.3, -0.25) is 19.2 Å². The Morgan fingerprint density at radius 2 is 1.33 bits per heavy atom. The fraction of sp³-hybridized carbons (Fsp3) is 0.484. The van der Waals surface area contributed by atoms with E-state index in [1.54, 1.807) is 12.1 Å². The average molecular weight is 541 g/mol. The first-order chi connectivity index (χ1) is 18.7. The number of Topliss-reactive ketones (excluding diaryl/α,β-unsaturated/α-hetero) is 1. The monoisotopic (exact) mass is 540 g/mol. The van der Waals surface area contributed by atoms with Crippen LogP contribution in [0.2, 0.25) is 0 Å². The zero-order chi connectivity index (χ0) is 28.6. The Morgan fingerprint density at radius 3 is 1.97 bits per heavy atom. The summed E-state index contributed by atoms with van der Waals surface area (Å²) < 4.78 is 15.7. The highest BCUT2D eigenvalue weighted by atomic mass is 16.5. The van der Waals surface area contributed by atoms with Crippen molar-refractivity contribution >= 4 is 23.7 Å². The maximum Gasteiger partial charge on any atom is 0.311 e. The number of phenols is 1. The van der Waals surface area contributed by atoms with Gasteiger partial charge in [0.05, 0.1) is 5.56 Å². The van der Waals surface area contributed by atoms with Crippen molar-refractivity contribution in [1.82, 2.24) is 0 Å². The molecule has 0 heterocycles. The van der Waals surface area contributed by atoms with E-state index in [0.717, 1.165) is 19.3 Å². The number of aryl methyl sites for hydroxylation is 1. The molecular weight excluding hydrogens is 500 g/mol. The Labute approximate surface area is 230 Å². The number of unbranched alkanes of at least 4 members (excludes halogenated alkanes) is 8. The van der Waals surface area contributed by atoms with Crippen molar-refractivity contribution in [3.63, 3.8) is 0 Å². The molecule has 39 heavy (non-hydrogen) atoms. The molecule has 0 amide bonds. The Morgan fingerprint density at radius 1 is 0.692 bits per heavy atom. The lowest BCUT2D eigenvalue weighted by molar-refractivity contribution is -0.135. The minimum absolute atomic E-state index is 0.0198. The summed E-state index contributed by atoms with van der Waals surface area (Å²) in [5, 5.41) is 9.91. The van der Waals surface area contributed by atoms with Gasteiger partial charge in [-0.2, -0.15) is 0 Å². The third-order valence-electron chi connectivity index (χ3n) is 6.15. The van der Waals surface area contributed by atoms with Gasteiger partial charge in [0, 0.05) is 38.8 Å². The van der Waals surface area contributed by atoms with E-state index in [9.17, 15) is 24.3 Å². The molecule has 2 aromatic rings. The minimum Gasteiger partial charge on any atom is -0.508 e. The quantitative estimate of drug-likeness (QED) is 0.0998.